The summed E-state index contributed by atoms with van der Waals surface area (Å²) in [5, 5.41) is 0. The van der Waals surface area contributed by atoms with E-state index in [4.69, 9.17) is 4.74 Å². The molecule has 2 unspecified atom stereocenters. The van der Waals surface area contributed by atoms with Crippen LogP contribution in [-0.4, -0.2) is 29.7 Å². The molecule has 15 heavy (non-hydrogen) atoms. The Kier molecular flexibility index (Phi) is 4.92. The van der Waals surface area contributed by atoms with Gasteiger partial charge in [0, 0.05) is 12.1 Å². The molecule has 3 heteroatoms. The third kappa shape index (κ3) is 2.86. The van der Waals surface area contributed by atoms with Crippen LogP contribution in [0.25, 0.3) is 0 Å². The first-order valence-corrected chi connectivity index (χ1v) is 6.19. The zero-order chi connectivity index (χ0) is 11.3. The third-order valence-electron chi connectivity index (χ3n) is 3.20. The van der Waals surface area contributed by atoms with Crippen molar-refractivity contribution in [3.8, 4) is 0 Å². The van der Waals surface area contributed by atoms with E-state index in [0.717, 1.165) is 32.1 Å². The van der Waals surface area contributed by atoms with Gasteiger partial charge in [-0.05, 0) is 32.1 Å². The van der Waals surface area contributed by atoms with Crippen molar-refractivity contribution in [2.45, 2.75) is 65.0 Å². The summed E-state index contributed by atoms with van der Waals surface area (Å²) in [6.45, 7) is 6.85. The molecule has 0 aromatic carbocycles. The molecule has 0 spiro atoms. The van der Waals surface area contributed by atoms with Gasteiger partial charge >= 0.3 is 6.09 Å². The average molecular weight is 213 g/mol. The molecule has 3 nitrogen and oxygen atoms in total. The Labute approximate surface area is 92.8 Å². The van der Waals surface area contributed by atoms with Gasteiger partial charge in [-0.25, -0.2) is 4.79 Å². The first kappa shape index (κ1) is 12.3. The fourth-order valence-corrected chi connectivity index (χ4v) is 2.32. The first-order valence-electron chi connectivity index (χ1n) is 6.19. The highest BCUT2D eigenvalue weighted by molar-refractivity contribution is 5.68. The summed E-state index contributed by atoms with van der Waals surface area (Å²) in [7, 11) is 0. The van der Waals surface area contributed by atoms with Gasteiger partial charge in [0.25, 0.3) is 0 Å². The van der Waals surface area contributed by atoms with E-state index in [1.165, 1.54) is 0 Å². The highest BCUT2D eigenvalue weighted by atomic mass is 16.6. The van der Waals surface area contributed by atoms with Crippen molar-refractivity contribution in [2.24, 2.45) is 0 Å². The summed E-state index contributed by atoms with van der Waals surface area (Å²) in [5.41, 5.74) is 0. The molecule has 0 aromatic heterocycles. The molecule has 0 aliphatic carbocycles. The topological polar surface area (TPSA) is 29.5 Å². The van der Waals surface area contributed by atoms with E-state index >= 15 is 0 Å². The molecule has 1 heterocycles. The van der Waals surface area contributed by atoms with Crippen LogP contribution in [0, 0.1) is 0 Å². The van der Waals surface area contributed by atoms with Crippen LogP contribution < -0.4 is 0 Å². The number of carbonyl (C=O) groups excluding carboxylic acids is 1. The highest BCUT2D eigenvalue weighted by Gasteiger charge is 2.35. The second kappa shape index (κ2) is 5.99. The van der Waals surface area contributed by atoms with Crippen LogP contribution in [0.4, 0.5) is 4.79 Å². The summed E-state index contributed by atoms with van der Waals surface area (Å²) in [4.78, 5) is 13.8. The molecule has 1 aliphatic heterocycles. The van der Waals surface area contributed by atoms with Crippen LogP contribution in [-0.2, 0) is 4.74 Å². The molecule has 1 saturated heterocycles. The van der Waals surface area contributed by atoms with Crippen LogP contribution in [0.1, 0.15) is 52.9 Å². The van der Waals surface area contributed by atoms with Crippen molar-refractivity contribution in [3.63, 3.8) is 0 Å². The van der Waals surface area contributed by atoms with Gasteiger partial charge in [0.2, 0.25) is 0 Å². The number of amides is 1. The van der Waals surface area contributed by atoms with Crippen molar-refractivity contribution >= 4 is 6.09 Å². The Morgan fingerprint density at radius 2 is 1.73 bits per heavy atom. The van der Waals surface area contributed by atoms with E-state index in [0.29, 0.717) is 18.7 Å². The highest BCUT2D eigenvalue weighted by Crippen LogP contribution is 2.28. The maximum atomic E-state index is 11.8. The predicted molar refractivity (Wildman–Crippen MR) is 60.9 cm³/mol. The number of nitrogens with zero attached hydrogens (tertiary/aromatic N) is 1. The lowest BCUT2D eigenvalue weighted by atomic mass is 10.1. The molecule has 0 aromatic rings. The van der Waals surface area contributed by atoms with Gasteiger partial charge in [0.05, 0.1) is 6.61 Å². The second-order valence-electron chi connectivity index (χ2n) is 4.22. The number of hydrogen-bond acceptors (Lipinski definition) is 2. The molecule has 0 saturated carbocycles. The van der Waals surface area contributed by atoms with Crippen molar-refractivity contribution in [1.82, 2.24) is 4.90 Å². The molecule has 2 atom stereocenters. The molecule has 0 bridgehead atoms. The molecular weight excluding hydrogens is 190 g/mol. The normalized spacial score (nSPS) is 25.7. The summed E-state index contributed by atoms with van der Waals surface area (Å²) in [6, 6.07) is 0.804. The summed E-state index contributed by atoms with van der Waals surface area (Å²) in [5.74, 6) is 0. The van der Waals surface area contributed by atoms with E-state index in [1.54, 1.807) is 0 Å². The molecule has 88 valence electrons. The number of likely N-dealkylation sites (tertiary alicyclic amines) is 1. The Bertz CT molecular complexity index is 194. The monoisotopic (exact) mass is 213 g/mol. The molecule has 1 aliphatic rings. The standard InChI is InChI=1S/C12H23NO2/c1-4-9-15-12(14)13-10(5-2)7-8-11(13)6-3/h10-11H,4-9H2,1-3H3. The molecule has 1 rings (SSSR count). The van der Waals surface area contributed by atoms with Crippen molar-refractivity contribution in [3.05, 3.63) is 0 Å². The van der Waals surface area contributed by atoms with Crippen molar-refractivity contribution in [2.75, 3.05) is 6.61 Å². The summed E-state index contributed by atoms with van der Waals surface area (Å²) in [6.07, 6.45) is 5.14. The van der Waals surface area contributed by atoms with Crippen molar-refractivity contribution < 1.29 is 9.53 Å². The Morgan fingerprint density at radius 3 is 2.13 bits per heavy atom. The minimum Gasteiger partial charge on any atom is -0.449 e. The van der Waals surface area contributed by atoms with Gasteiger partial charge in [-0.2, -0.15) is 0 Å². The first-order chi connectivity index (χ1) is 7.24. The minimum absolute atomic E-state index is 0.104. The number of ether oxygens (including phenoxy) is 1. The number of hydrogen-bond donors (Lipinski definition) is 0. The van der Waals surface area contributed by atoms with Gasteiger partial charge in [-0.3, -0.25) is 0 Å². The van der Waals surface area contributed by atoms with E-state index in [9.17, 15) is 4.79 Å². The van der Waals surface area contributed by atoms with Crippen LogP contribution in [0.15, 0.2) is 0 Å². The van der Waals surface area contributed by atoms with E-state index in [-0.39, 0.29) is 6.09 Å². The second-order valence-corrected chi connectivity index (χ2v) is 4.22. The van der Waals surface area contributed by atoms with Crippen LogP contribution >= 0.6 is 0 Å². The Morgan fingerprint density at radius 1 is 1.20 bits per heavy atom. The average Bonchev–Trinajstić information content (AvgIpc) is 2.68. The minimum atomic E-state index is -0.104. The van der Waals surface area contributed by atoms with Gasteiger partial charge < -0.3 is 9.64 Å². The lowest BCUT2D eigenvalue weighted by molar-refractivity contribution is 0.0823. The molecule has 1 amide bonds. The quantitative estimate of drug-likeness (QED) is 0.717. The zero-order valence-electron chi connectivity index (χ0n) is 10.2. The summed E-state index contributed by atoms with van der Waals surface area (Å²) < 4.78 is 5.23. The maximum absolute atomic E-state index is 11.8. The largest absolute Gasteiger partial charge is 0.449 e. The smallest absolute Gasteiger partial charge is 0.410 e. The molecule has 0 N–H and O–H groups in total. The van der Waals surface area contributed by atoms with E-state index < -0.39 is 0 Å². The van der Waals surface area contributed by atoms with E-state index in [1.807, 2.05) is 11.8 Å². The zero-order valence-corrected chi connectivity index (χ0v) is 10.2. The van der Waals surface area contributed by atoms with Crippen LogP contribution in [0.3, 0.4) is 0 Å². The molecule has 1 fully saturated rings. The van der Waals surface area contributed by atoms with Gasteiger partial charge in [0.15, 0.2) is 0 Å². The van der Waals surface area contributed by atoms with Crippen LogP contribution in [0.2, 0.25) is 0 Å². The molecular formula is C12H23NO2. The van der Waals surface area contributed by atoms with E-state index in [2.05, 4.69) is 13.8 Å². The SMILES string of the molecule is CCCOC(=O)N1C(CC)CCC1CC. The number of carbonyl (C=O) groups is 1. The Balaban J connectivity index is 2.56. The van der Waals surface area contributed by atoms with Gasteiger partial charge in [-0.15, -0.1) is 0 Å². The van der Waals surface area contributed by atoms with Gasteiger partial charge in [0.1, 0.15) is 0 Å². The third-order valence-corrected chi connectivity index (χ3v) is 3.20. The lowest BCUT2D eigenvalue weighted by Crippen LogP contribution is -2.41. The predicted octanol–water partition coefficient (Wildman–Crippen LogP) is 3.19. The fourth-order valence-electron chi connectivity index (χ4n) is 2.32. The maximum Gasteiger partial charge on any atom is 0.410 e. The fraction of sp³-hybridized carbons (Fsp3) is 0.917. The lowest BCUT2D eigenvalue weighted by Gasteiger charge is -2.28. The van der Waals surface area contributed by atoms with Gasteiger partial charge in [-0.1, -0.05) is 20.8 Å². The Hall–Kier alpha value is -0.730. The molecule has 0 radical (unpaired) electrons. The van der Waals surface area contributed by atoms with Crippen LogP contribution in [0.5, 0.6) is 0 Å². The summed E-state index contributed by atoms with van der Waals surface area (Å²) >= 11 is 0. The number of rotatable bonds is 4. The van der Waals surface area contributed by atoms with Crippen molar-refractivity contribution in [1.29, 1.82) is 0 Å².